The number of carboxylic acids is 1. The SMILES string of the molecule is Nc1cccc(-c2ccc(CCCC(=O)O)cc2)c1. The molecule has 0 aliphatic carbocycles. The van der Waals surface area contributed by atoms with Crippen molar-refractivity contribution in [1.82, 2.24) is 0 Å². The van der Waals surface area contributed by atoms with Crippen LogP contribution in [0.15, 0.2) is 48.5 Å². The van der Waals surface area contributed by atoms with Gasteiger partial charge in [-0.15, -0.1) is 0 Å². The van der Waals surface area contributed by atoms with Gasteiger partial charge in [-0.2, -0.15) is 0 Å². The average molecular weight is 255 g/mol. The molecular weight excluding hydrogens is 238 g/mol. The van der Waals surface area contributed by atoms with Crippen LogP contribution in [0, 0.1) is 0 Å². The molecule has 3 heteroatoms. The maximum absolute atomic E-state index is 10.4. The molecule has 2 aromatic rings. The van der Waals surface area contributed by atoms with Crippen LogP contribution in [-0.2, 0) is 11.2 Å². The van der Waals surface area contributed by atoms with Gasteiger partial charge in [0, 0.05) is 12.1 Å². The summed E-state index contributed by atoms with van der Waals surface area (Å²) in [5, 5.41) is 8.60. The number of hydrogen-bond donors (Lipinski definition) is 2. The third-order valence-corrected chi connectivity index (χ3v) is 3.03. The van der Waals surface area contributed by atoms with Crippen molar-refractivity contribution in [2.75, 3.05) is 5.73 Å². The van der Waals surface area contributed by atoms with Crippen molar-refractivity contribution in [3.05, 3.63) is 54.1 Å². The number of carbonyl (C=O) groups is 1. The van der Waals surface area contributed by atoms with E-state index in [1.165, 1.54) is 0 Å². The number of benzene rings is 2. The number of anilines is 1. The topological polar surface area (TPSA) is 63.3 Å². The fourth-order valence-electron chi connectivity index (χ4n) is 2.03. The first-order valence-corrected chi connectivity index (χ1v) is 6.32. The summed E-state index contributed by atoms with van der Waals surface area (Å²) >= 11 is 0. The van der Waals surface area contributed by atoms with Crippen molar-refractivity contribution in [3.63, 3.8) is 0 Å². The van der Waals surface area contributed by atoms with Crippen molar-refractivity contribution in [2.24, 2.45) is 0 Å². The van der Waals surface area contributed by atoms with Crippen molar-refractivity contribution >= 4 is 11.7 Å². The predicted octanol–water partition coefficient (Wildman–Crippen LogP) is 3.34. The Kier molecular flexibility index (Phi) is 4.18. The highest BCUT2D eigenvalue weighted by atomic mass is 16.4. The van der Waals surface area contributed by atoms with Crippen LogP contribution < -0.4 is 5.73 Å². The second-order valence-corrected chi connectivity index (χ2v) is 4.57. The number of aliphatic carboxylic acids is 1. The molecule has 3 nitrogen and oxygen atoms in total. The summed E-state index contributed by atoms with van der Waals surface area (Å²) in [6, 6.07) is 15.9. The van der Waals surface area contributed by atoms with Crippen molar-refractivity contribution in [1.29, 1.82) is 0 Å². The van der Waals surface area contributed by atoms with E-state index in [4.69, 9.17) is 10.8 Å². The maximum Gasteiger partial charge on any atom is 0.303 e. The van der Waals surface area contributed by atoms with E-state index in [0.29, 0.717) is 6.42 Å². The zero-order valence-corrected chi connectivity index (χ0v) is 10.7. The number of hydrogen-bond acceptors (Lipinski definition) is 2. The smallest absolute Gasteiger partial charge is 0.303 e. The van der Waals surface area contributed by atoms with Crippen LogP contribution in [0.5, 0.6) is 0 Å². The summed E-state index contributed by atoms with van der Waals surface area (Å²) in [6.07, 6.45) is 1.69. The highest BCUT2D eigenvalue weighted by Gasteiger charge is 2.00. The van der Waals surface area contributed by atoms with Gasteiger partial charge in [-0.1, -0.05) is 36.4 Å². The standard InChI is InChI=1S/C16H17NO2/c17-15-5-2-4-14(11-15)13-9-7-12(8-10-13)3-1-6-16(18)19/h2,4-5,7-11H,1,3,6,17H2,(H,18,19). The molecule has 19 heavy (non-hydrogen) atoms. The van der Waals surface area contributed by atoms with Crippen LogP contribution in [0.25, 0.3) is 11.1 Å². The molecule has 0 saturated carbocycles. The molecule has 0 aliphatic rings. The molecule has 2 rings (SSSR count). The fourth-order valence-corrected chi connectivity index (χ4v) is 2.03. The summed E-state index contributed by atoms with van der Waals surface area (Å²) in [4.78, 5) is 10.4. The molecule has 0 heterocycles. The third-order valence-electron chi connectivity index (χ3n) is 3.03. The molecule has 0 fully saturated rings. The van der Waals surface area contributed by atoms with Gasteiger partial charge in [-0.05, 0) is 41.7 Å². The monoisotopic (exact) mass is 255 g/mol. The Morgan fingerprint density at radius 2 is 1.79 bits per heavy atom. The zero-order valence-electron chi connectivity index (χ0n) is 10.7. The molecule has 0 saturated heterocycles. The third kappa shape index (κ3) is 3.85. The number of nitrogens with two attached hydrogens (primary N) is 1. The lowest BCUT2D eigenvalue weighted by Gasteiger charge is -2.05. The lowest BCUT2D eigenvalue weighted by molar-refractivity contribution is -0.137. The number of nitrogen functional groups attached to an aromatic ring is 1. The van der Waals surface area contributed by atoms with E-state index >= 15 is 0 Å². The number of carboxylic acid groups (broad SMARTS) is 1. The van der Waals surface area contributed by atoms with Gasteiger partial charge in [-0.25, -0.2) is 0 Å². The van der Waals surface area contributed by atoms with E-state index < -0.39 is 5.97 Å². The van der Waals surface area contributed by atoms with Gasteiger partial charge in [0.1, 0.15) is 0 Å². The van der Waals surface area contributed by atoms with Gasteiger partial charge in [0.25, 0.3) is 0 Å². The van der Waals surface area contributed by atoms with Crippen molar-refractivity contribution in [2.45, 2.75) is 19.3 Å². The van der Waals surface area contributed by atoms with Crippen LogP contribution in [0.2, 0.25) is 0 Å². The second-order valence-electron chi connectivity index (χ2n) is 4.57. The molecule has 0 spiro atoms. The van der Waals surface area contributed by atoms with Crippen LogP contribution in [0.1, 0.15) is 18.4 Å². The molecule has 98 valence electrons. The normalized spacial score (nSPS) is 10.3. The fraction of sp³-hybridized carbons (Fsp3) is 0.188. The first kappa shape index (κ1) is 13.1. The number of aryl methyl sites for hydroxylation is 1. The van der Waals surface area contributed by atoms with E-state index in [2.05, 4.69) is 0 Å². The Hall–Kier alpha value is -2.29. The molecule has 0 atom stereocenters. The van der Waals surface area contributed by atoms with Gasteiger partial charge in [0.05, 0.1) is 0 Å². The highest BCUT2D eigenvalue weighted by molar-refractivity contribution is 5.67. The van der Waals surface area contributed by atoms with Crippen LogP contribution in [-0.4, -0.2) is 11.1 Å². The Bertz CT molecular complexity index is 561. The predicted molar refractivity (Wildman–Crippen MR) is 76.9 cm³/mol. The quantitative estimate of drug-likeness (QED) is 0.805. The first-order chi connectivity index (χ1) is 9.15. The zero-order chi connectivity index (χ0) is 13.7. The Labute approximate surface area is 112 Å². The van der Waals surface area contributed by atoms with Crippen molar-refractivity contribution in [3.8, 4) is 11.1 Å². The molecule has 0 radical (unpaired) electrons. The van der Waals surface area contributed by atoms with Gasteiger partial charge >= 0.3 is 5.97 Å². The van der Waals surface area contributed by atoms with E-state index in [0.717, 1.165) is 28.8 Å². The van der Waals surface area contributed by atoms with Crippen molar-refractivity contribution < 1.29 is 9.90 Å². The minimum atomic E-state index is -0.739. The Morgan fingerprint density at radius 1 is 1.05 bits per heavy atom. The summed E-state index contributed by atoms with van der Waals surface area (Å²) in [6.45, 7) is 0. The summed E-state index contributed by atoms with van der Waals surface area (Å²) < 4.78 is 0. The van der Waals surface area contributed by atoms with E-state index in [-0.39, 0.29) is 6.42 Å². The van der Waals surface area contributed by atoms with Gasteiger partial charge in [0.2, 0.25) is 0 Å². The van der Waals surface area contributed by atoms with Crippen LogP contribution >= 0.6 is 0 Å². The minimum Gasteiger partial charge on any atom is -0.481 e. The summed E-state index contributed by atoms with van der Waals surface area (Å²) in [5.41, 5.74) is 9.89. The molecule has 0 amide bonds. The van der Waals surface area contributed by atoms with Gasteiger partial charge < -0.3 is 10.8 Å². The Balaban J connectivity index is 2.04. The maximum atomic E-state index is 10.4. The van der Waals surface area contributed by atoms with E-state index in [1.54, 1.807) is 0 Å². The molecule has 0 aliphatic heterocycles. The van der Waals surface area contributed by atoms with Crippen LogP contribution in [0.3, 0.4) is 0 Å². The lowest BCUT2D eigenvalue weighted by atomic mass is 10.0. The highest BCUT2D eigenvalue weighted by Crippen LogP contribution is 2.22. The van der Waals surface area contributed by atoms with Gasteiger partial charge in [0.15, 0.2) is 0 Å². The van der Waals surface area contributed by atoms with Crippen LogP contribution in [0.4, 0.5) is 5.69 Å². The molecule has 0 bridgehead atoms. The minimum absolute atomic E-state index is 0.219. The Morgan fingerprint density at radius 3 is 2.42 bits per heavy atom. The number of rotatable bonds is 5. The summed E-state index contributed by atoms with van der Waals surface area (Å²) in [7, 11) is 0. The van der Waals surface area contributed by atoms with E-state index in [1.807, 2.05) is 48.5 Å². The summed E-state index contributed by atoms with van der Waals surface area (Å²) in [5.74, 6) is -0.739. The lowest BCUT2D eigenvalue weighted by Crippen LogP contribution is -1.95. The molecule has 0 aromatic heterocycles. The molecule has 0 unspecified atom stereocenters. The molecule has 2 aromatic carbocycles. The largest absolute Gasteiger partial charge is 0.481 e. The second kappa shape index (κ2) is 6.05. The average Bonchev–Trinajstić information content (AvgIpc) is 2.39. The first-order valence-electron chi connectivity index (χ1n) is 6.32. The molecule has 3 N–H and O–H groups in total. The molecular formula is C16H17NO2. The van der Waals surface area contributed by atoms with E-state index in [9.17, 15) is 4.79 Å². The van der Waals surface area contributed by atoms with Gasteiger partial charge in [-0.3, -0.25) is 4.79 Å².